The molecule has 1 saturated carbocycles. The monoisotopic (exact) mass is 276 g/mol. The highest BCUT2D eigenvalue weighted by molar-refractivity contribution is 9.10. The lowest BCUT2D eigenvalue weighted by atomic mass is 9.81. The molecule has 0 spiro atoms. The Morgan fingerprint density at radius 3 is 2.80 bits per heavy atom. The lowest BCUT2D eigenvalue weighted by Crippen LogP contribution is -2.39. The number of hydrogen-bond acceptors (Lipinski definition) is 2. The number of anilines is 1. The molecule has 2 rings (SSSR count). The molecule has 1 N–H and O–H groups in total. The van der Waals surface area contributed by atoms with Crippen molar-refractivity contribution < 1.29 is 8.78 Å². The molecule has 0 atom stereocenters. The standard InChI is InChI=1S/C10H11BrF2N2/c11-8-1-9(6-14-5-8)15-4-7-2-10(12,13)3-7/h1,5-7,15H,2-4H2. The molecule has 15 heavy (non-hydrogen) atoms. The second-order valence-electron chi connectivity index (χ2n) is 3.90. The lowest BCUT2D eigenvalue weighted by molar-refractivity contribution is -0.106. The van der Waals surface area contributed by atoms with Crippen LogP contribution in [0.3, 0.4) is 0 Å². The van der Waals surface area contributed by atoms with Crippen molar-refractivity contribution in [3.8, 4) is 0 Å². The van der Waals surface area contributed by atoms with Crippen molar-refractivity contribution in [1.82, 2.24) is 4.98 Å². The summed E-state index contributed by atoms with van der Waals surface area (Å²) in [6.45, 7) is 0.591. The first-order valence-corrected chi connectivity index (χ1v) is 5.57. The summed E-state index contributed by atoms with van der Waals surface area (Å²) >= 11 is 3.30. The van der Waals surface area contributed by atoms with Gasteiger partial charge in [-0.15, -0.1) is 0 Å². The van der Waals surface area contributed by atoms with E-state index in [0.29, 0.717) is 6.54 Å². The quantitative estimate of drug-likeness (QED) is 0.916. The summed E-state index contributed by atoms with van der Waals surface area (Å²) in [7, 11) is 0. The van der Waals surface area contributed by atoms with Crippen molar-refractivity contribution >= 4 is 21.6 Å². The van der Waals surface area contributed by atoms with Crippen LogP contribution in [0.5, 0.6) is 0 Å². The van der Waals surface area contributed by atoms with Gasteiger partial charge in [0.1, 0.15) is 0 Å². The third-order valence-electron chi connectivity index (χ3n) is 2.47. The first-order chi connectivity index (χ1) is 7.05. The average molecular weight is 277 g/mol. The van der Waals surface area contributed by atoms with Crippen molar-refractivity contribution in [3.05, 3.63) is 22.9 Å². The van der Waals surface area contributed by atoms with Crippen LogP contribution >= 0.6 is 15.9 Å². The zero-order valence-corrected chi connectivity index (χ0v) is 9.60. The number of hydrogen-bond donors (Lipinski definition) is 1. The molecule has 0 radical (unpaired) electrons. The van der Waals surface area contributed by atoms with Crippen molar-refractivity contribution in [3.63, 3.8) is 0 Å². The van der Waals surface area contributed by atoms with E-state index >= 15 is 0 Å². The third kappa shape index (κ3) is 2.87. The normalized spacial score (nSPS) is 19.7. The van der Waals surface area contributed by atoms with E-state index in [2.05, 4.69) is 26.2 Å². The summed E-state index contributed by atoms with van der Waals surface area (Å²) in [4.78, 5) is 3.98. The van der Waals surface area contributed by atoms with Gasteiger partial charge in [-0.25, -0.2) is 8.78 Å². The fraction of sp³-hybridized carbons (Fsp3) is 0.500. The number of nitrogens with zero attached hydrogens (tertiary/aromatic N) is 1. The fourth-order valence-electron chi connectivity index (χ4n) is 1.70. The molecule has 1 aromatic rings. The fourth-order valence-corrected chi connectivity index (χ4v) is 2.06. The first kappa shape index (κ1) is 10.8. The van der Waals surface area contributed by atoms with E-state index in [4.69, 9.17) is 0 Å². The minimum Gasteiger partial charge on any atom is -0.383 e. The van der Waals surface area contributed by atoms with Gasteiger partial charge < -0.3 is 5.32 Å². The summed E-state index contributed by atoms with van der Waals surface area (Å²) in [5, 5.41) is 3.10. The van der Waals surface area contributed by atoms with Crippen LogP contribution in [0.25, 0.3) is 0 Å². The summed E-state index contributed by atoms with van der Waals surface area (Å²) in [6.07, 6.45) is 3.37. The number of alkyl halides is 2. The van der Waals surface area contributed by atoms with Crippen LogP contribution in [0.4, 0.5) is 14.5 Å². The molecular formula is C10H11BrF2N2. The maximum absolute atomic E-state index is 12.5. The molecule has 1 aromatic heterocycles. The predicted octanol–water partition coefficient (Wildman–Crippen LogP) is 3.30. The molecule has 2 nitrogen and oxygen atoms in total. The van der Waals surface area contributed by atoms with Gasteiger partial charge in [0.05, 0.1) is 11.9 Å². The van der Waals surface area contributed by atoms with Gasteiger partial charge in [-0.3, -0.25) is 4.98 Å². The Hall–Kier alpha value is -0.710. The Morgan fingerprint density at radius 2 is 2.20 bits per heavy atom. The maximum atomic E-state index is 12.5. The van der Waals surface area contributed by atoms with Gasteiger partial charge in [0, 0.05) is 30.1 Å². The molecule has 5 heteroatoms. The molecule has 0 amide bonds. The summed E-state index contributed by atoms with van der Waals surface area (Å²) in [5.41, 5.74) is 0.861. The van der Waals surface area contributed by atoms with Crippen LogP contribution in [-0.4, -0.2) is 17.5 Å². The van der Waals surface area contributed by atoms with Crippen LogP contribution in [0.2, 0.25) is 0 Å². The van der Waals surface area contributed by atoms with Crippen LogP contribution in [0, 0.1) is 5.92 Å². The minimum absolute atomic E-state index is 0.00142. The van der Waals surface area contributed by atoms with Gasteiger partial charge in [0.25, 0.3) is 0 Å². The summed E-state index contributed by atoms with van der Waals surface area (Å²) < 4.78 is 25.9. The Morgan fingerprint density at radius 1 is 1.47 bits per heavy atom. The van der Waals surface area contributed by atoms with Crippen LogP contribution in [0.1, 0.15) is 12.8 Å². The summed E-state index contributed by atoms with van der Waals surface area (Å²) in [6, 6.07) is 1.88. The number of halogens is 3. The molecule has 0 saturated heterocycles. The van der Waals surface area contributed by atoms with E-state index in [-0.39, 0.29) is 18.8 Å². The Bertz CT molecular complexity index is 349. The number of aromatic nitrogens is 1. The van der Waals surface area contributed by atoms with Crippen molar-refractivity contribution in [2.24, 2.45) is 5.92 Å². The van der Waals surface area contributed by atoms with Gasteiger partial charge in [0.2, 0.25) is 5.92 Å². The van der Waals surface area contributed by atoms with Crippen LogP contribution < -0.4 is 5.32 Å². The van der Waals surface area contributed by atoms with E-state index in [9.17, 15) is 8.78 Å². The molecule has 0 aromatic carbocycles. The Labute approximate surface area is 95.2 Å². The highest BCUT2D eigenvalue weighted by atomic mass is 79.9. The molecule has 1 aliphatic rings. The van der Waals surface area contributed by atoms with Gasteiger partial charge >= 0.3 is 0 Å². The first-order valence-electron chi connectivity index (χ1n) is 4.77. The average Bonchev–Trinajstić information content (AvgIpc) is 2.11. The van der Waals surface area contributed by atoms with E-state index in [1.54, 1.807) is 12.4 Å². The van der Waals surface area contributed by atoms with Crippen LogP contribution in [-0.2, 0) is 0 Å². The highest BCUT2D eigenvalue weighted by Crippen LogP contribution is 2.42. The zero-order chi connectivity index (χ0) is 10.9. The predicted molar refractivity (Wildman–Crippen MR) is 58.1 cm³/mol. The van der Waals surface area contributed by atoms with Crippen molar-refractivity contribution in [2.45, 2.75) is 18.8 Å². The second-order valence-corrected chi connectivity index (χ2v) is 4.82. The second kappa shape index (κ2) is 4.04. The largest absolute Gasteiger partial charge is 0.383 e. The Kier molecular flexibility index (Phi) is 2.91. The molecule has 0 aliphatic heterocycles. The van der Waals surface area contributed by atoms with Crippen LogP contribution in [0.15, 0.2) is 22.9 Å². The van der Waals surface area contributed by atoms with Crippen molar-refractivity contribution in [1.29, 1.82) is 0 Å². The topological polar surface area (TPSA) is 24.9 Å². The van der Waals surface area contributed by atoms with Gasteiger partial charge in [-0.1, -0.05) is 0 Å². The number of nitrogens with one attached hydrogen (secondary N) is 1. The number of pyridine rings is 1. The third-order valence-corrected chi connectivity index (χ3v) is 2.91. The molecule has 82 valence electrons. The maximum Gasteiger partial charge on any atom is 0.248 e. The summed E-state index contributed by atoms with van der Waals surface area (Å²) in [5.74, 6) is -2.35. The van der Waals surface area contributed by atoms with E-state index < -0.39 is 5.92 Å². The smallest absolute Gasteiger partial charge is 0.248 e. The molecule has 1 aliphatic carbocycles. The molecule has 0 bridgehead atoms. The van der Waals surface area contributed by atoms with Gasteiger partial charge in [-0.05, 0) is 27.9 Å². The molecule has 0 unspecified atom stereocenters. The zero-order valence-electron chi connectivity index (χ0n) is 8.01. The van der Waals surface area contributed by atoms with Gasteiger partial charge in [-0.2, -0.15) is 0 Å². The SMILES string of the molecule is FC1(F)CC(CNc2cncc(Br)c2)C1. The molecule has 1 heterocycles. The lowest BCUT2D eigenvalue weighted by Gasteiger charge is -2.35. The van der Waals surface area contributed by atoms with Gasteiger partial charge in [0.15, 0.2) is 0 Å². The van der Waals surface area contributed by atoms with E-state index in [1.165, 1.54) is 0 Å². The molecular weight excluding hydrogens is 266 g/mol. The Balaban J connectivity index is 1.80. The molecule has 1 fully saturated rings. The minimum atomic E-state index is -2.43. The van der Waals surface area contributed by atoms with Crippen molar-refractivity contribution in [2.75, 3.05) is 11.9 Å². The number of rotatable bonds is 3. The van der Waals surface area contributed by atoms with E-state index in [1.807, 2.05) is 6.07 Å². The van der Waals surface area contributed by atoms with E-state index in [0.717, 1.165) is 10.2 Å². The highest BCUT2D eigenvalue weighted by Gasteiger charge is 2.44.